The van der Waals surface area contributed by atoms with E-state index in [1.165, 1.54) is 0 Å². The van der Waals surface area contributed by atoms with Gasteiger partial charge in [0, 0.05) is 31.1 Å². The Morgan fingerprint density at radius 2 is 2.14 bits per heavy atom. The largest absolute Gasteiger partial charge is 0.352 e. The number of carbonyl (C=O) groups excluding carboxylic acids is 1. The van der Waals surface area contributed by atoms with Gasteiger partial charge in [-0.25, -0.2) is 4.98 Å². The van der Waals surface area contributed by atoms with Crippen LogP contribution in [0.4, 0.5) is 0 Å². The van der Waals surface area contributed by atoms with Gasteiger partial charge in [0.2, 0.25) is 0 Å². The lowest BCUT2D eigenvalue weighted by molar-refractivity contribution is 0.0954. The monoisotopic (exact) mass is 283 g/mol. The van der Waals surface area contributed by atoms with Crippen LogP contribution in [0.2, 0.25) is 0 Å². The molecule has 0 saturated heterocycles. The zero-order valence-electron chi connectivity index (χ0n) is 11.8. The number of carbonyl (C=O) groups is 1. The van der Waals surface area contributed by atoms with Crippen LogP contribution in [0.3, 0.4) is 0 Å². The van der Waals surface area contributed by atoms with E-state index in [0.717, 1.165) is 5.56 Å². The molecule has 0 aliphatic carbocycles. The Morgan fingerprint density at radius 1 is 1.38 bits per heavy atom. The summed E-state index contributed by atoms with van der Waals surface area (Å²) in [6, 6.07) is 7.10. The molecular weight excluding hydrogens is 266 g/mol. The minimum Gasteiger partial charge on any atom is -0.352 e. The molecule has 1 heterocycles. The van der Waals surface area contributed by atoms with Gasteiger partial charge in [0.1, 0.15) is 6.33 Å². The maximum Gasteiger partial charge on any atom is 0.251 e. The first kappa shape index (κ1) is 14.8. The lowest BCUT2D eigenvalue weighted by Gasteiger charge is -2.03. The number of rotatable bonds is 4. The molecule has 0 fully saturated rings. The number of benzene rings is 1. The molecule has 1 aromatic carbocycles. The van der Waals surface area contributed by atoms with Crippen molar-refractivity contribution >= 4 is 5.91 Å². The summed E-state index contributed by atoms with van der Waals surface area (Å²) in [7, 11) is 1.81. The molecule has 0 saturated carbocycles. The van der Waals surface area contributed by atoms with Crippen LogP contribution in [0, 0.1) is 11.8 Å². The topological polar surface area (TPSA) is 85.8 Å². The van der Waals surface area contributed by atoms with E-state index in [1.807, 2.05) is 7.05 Å². The van der Waals surface area contributed by atoms with Crippen LogP contribution < -0.4 is 11.1 Å². The zero-order chi connectivity index (χ0) is 15.1. The van der Waals surface area contributed by atoms with Crippen molar-refractivity contribution in [2.45, 2.75) is 6.42 Å². The Balaban J connectivity index is 1.85. The molecule has 0 atom stereocenters. The van der Waals surface area contributed by atoms with Gasteiger partial charge in [-0.3, -0.25) is 9.48 Å². The third kappa shape index (κ3) is 4.44. The predicted octanol–water partition coefficient (Wildman–Crippen LogP) is 0.0978. The van der Waals surface area contributed by atoms with Gasteiger partial charge in [-0.1, -0.05) is 11.8 Å². The zero-order valence-corrected chi connectivity index (χ0v) is 11.8. The van der Waals surface area contributed by atoms with Gasteiger partial charge in [-0.2, -0.15) is 5.10 Å². The fraction of sp³-hybridized carbons (Fsp3) is 0.267. The number of nitrogens with zero attached hydrogens (tertiary/aromatic N) is 3. The summed E-state index contributed by atoms with van der Waals surface area (Å²) in [5, 5.41) is 6.98. The smallest absolute Gasteiger partial charge is 0.251 e. The maximum absolute atomic E-state index is 12.0. The van der Waals surface area contributed by atoms with Crippen molar-refractivity contribution in [3.63, 3.8) is 0 Å². The summed E-state index contributed by atoms with van der Waals surface area (Å²) in [6.07, 6.45) is 2.24. The van der Waals surface area contributed by atoms with Crippen molar-refractivity contribution < 1.29 is 4.79 Å². The SMILES string of the molecule is Cn1cnc(CCNC(=O)c2ccc(C#CCN)cc2)n1. The Morgan fingerprint density at radius 3 is 2.76 bits per heavy atom. The molecule has 108 valence electrons. The molecular formula is C15H17N5O. The fourth-order valence-electron chi connectivity index (χ4n) is 1.75. The van der Waals surface area contributed by atoms with E-state index in [4.69, 9.17) is 5.73 Å². The summed E-state index contributed by atoms with van der Waals surface area (Å²) >= 11 is 0. The first-order chi connectivity index (χ1) is 10.2. The number of aryl methyl sites for hydroxylation is 1. The van der Waals surface area contributed by atoms with Crippen LogP contribution in [-0.2, 0) is 13.5 Å². The second-order valence-corrected chi connectivity index (χ2v) is 4.42. The highest BCUT2D eigenvalue weighted by Crippen LogP contribution is 2.03. The highest BCUT2D eigenvalue weighted by atomic mass is 16.1. The average Bonchev–Trinajstić information content (AvgIpc) is 2.91. The van der Waals surface area contributed by atoms with Gasteiger partial charge in [-0.15, -0.1) is 0 Å². The lowest BCUT2D eigenvalue weighted by Crippen LogP contribution is -2.25. The van der Waals surface area contributed by atoms with E-state index >= 15 is 0 Å². The van der Waals surface area contributed by atoms with E-state index in [9.17, 15) is 4.79 Å². The second-order valence-electron chi connectivity index (χ2n) is 4.42. The number of hydrogen-bond donors (Lipinski definition) is 2. The van der Waals surface area contributed by atoms with Gasteiger partial charge in [0.05, 0.1) is 6.54 Å². The van der Waals surface area contributed by atoms with Gasteiger partial charge in [-0.05, 0) is 24.3 Å². The quantitative estimate of drug-likeness (QED) is 0.779. The minimum absolute atomic E-state index is 0.121. The van der Waals surface area contributed by atoms with Crippen molar-refractivity contribution in [3.05, 3.63) is 47.5 Å². The number of amides is 1. The molecule has 0 aliphatic rings. The highest BCUT2D eigenvalue weighted by molar-refractivity contribution is 5.94. The molecule has 1 aromatic heterocycles. The van der Waals surface area contributed by atoms with E-state index in [0.29, 0.717) is 30.9 Å². The Labute approximate surface area is 123 Å². The third-order valence-electron chi connectivity index (χ3n) is 2.76. The third-order valence-corrected chi connectivity index (χ3v) is 2.76. The van der Waals surface area contributed by atoms with E-state index in [-0.39, 0.29) is 5.91 Å². The van der Waals surface area contributed by atoms with Crippen LogP contribution in [0.15, 0.2) is 30.6 Å². The van der Waals surface area contributed by atoms with E-state index in [2.05, 4.69) is 27.2 Å². The van der Waals surface area contributed by atoms with Crippen LogP contribution in [0.25, 0.3) is 0 Å². The predicted molar refractivity (Wildman–Crippen MR) is 79.4 cm³/mol. The summed E-state index contributed by atoms with van der Waals surface area (Å²) in [6.45, 7) is 0.821. The van der Waals surface area contributed by atoms with E-state index < -0.39 is 0 Å². The highest BCUT2D eigenvalue weighted by Gasteiger charge is 2.05. The molecule has 0 aliphatic heterocycles. The van der Waals surface area contributed by atoms with Crippen molar-refractivity contribution in [2.24, 2.45) is 12.8 Å². The van der Waals surface area contributed by atoms with Crippen molar-refractivity contribution in [1.29, 1.82) is 0 Å². The molecule has 0 radical (unpaired) electrons. The summed E-state index contributed by atoms with van der Waals surface area (Å²) in [5.41, 5.74) is 6.75. The molecule has 2 aromatic rings. The van der Waals surface area contributed by atoms with Crippen molar-refractivity contribution in [2.75, 3.05) is 13.1 Å². The average molecular weight is 283 g/mol. The fourth-order valence-corrected chi connectivity index (χ4v) is 1.75. The van der Waals surface area contributed by atoms with Crippen molar-refractivity contribution in [3.8, 4) is 11.8 Å². The number of nitrogens with two attached hydrogens (primary N) is 1. The molecule has 0 unspecified atom stereocenters. The molecule has 6 nitrogen and oxygen atoms in total. The summed E-state index contributed by atoms with van der Waals surface area (Å²) in [4.78, 5) is 16.1. The Hall–Kier alpha value is -2.65. The van der Waals surface area contributed by atoms with E-state index in [1.54, 1.807) is 35.3 Å². The standard InChI is InChI=1S/C15H17N5O/c1-20-11-18-14(19-20)8-10-17-15(21)13-6-4-12(5-7-13)3-2-9-16/h4-7,11H,8-10,16H2,1H3,(H,17,21). The summed E-state index contributed by atoms with van der Waals surface area (Å²) < 4.78 is 1.64. The molecule has 2 rings (SSSR count). The van der Waals surface area contributed by atoms with Crippen LogP contribution in [0.1, 0.15) is 21.7 Å². The van der Waals surface area contributed by atoms with Gasteiger partial charge in [0.25, 0.3) is 5.91 Å². The van der Waals surface area contributed by atoms with Gasteiger partial charge in [0.15, 0.2) is 5.82 Å². The lowest BCUT2D eigenvalue weighted by atomic mass is 10.1. The number of hydrogen-bond acceptors (Lipinski definition) is 4. The van der Waals surface area contributed by atoms with Crippen LogP contribution >= 0.6 is 0 Å². The number of nitrogens with one attached hydrogen (secondary N) is 1. The first-order valence-corrected chi connectivity index (χ1v) is 6.61. The number of aromatic nitrogens is 3. The molecule has 6 heteroatoms. The maximum atomic E-state index is 12.0. The normalized spacial score (nSPS) is 9.81. The second kappa shape index (κ2) is 7.22. The van der Waals surface area contributed by atoms with Crippen LogP contribution in [0.5, 0.6) is 0 Å². The van der Waals surface area contributed by atoms with Crippen molar-refractivity contribution in [1.82, 2.24) is 20.1 Å². The van der Waals surface area contributed by atoms with Crippen LogP contribution in [-0.4, -0.2) is 33.8 Å². The molecule has 0 spiro atoms. The first-order valence-electron chi connectivity index (χ1n) is 6.61. The molecule has 3 N–H and O–H groups in total. The Kier molecular flexibility index (Phi) is 5.07. The van der Waals surface area contributed by atoms with Gasteiger partial charge < -0.3 is 11.1 Å². The molecule has 1 amide bonds. The molecule has 0 bridgehead atoms. The van der Waals surface area contributed by atoms with Gasteiger partial charge >= 0.3 is 0 Å². The minimum atomic E-state index is -0.121. The molecule has 21 heavy (non-hydrogen) atoms. The Bertz CT molecular complexity index is 663. The summed E-state index contributed by atoms with van der Waals surface area (Å²) in [5.74, 6) is 6.27.